The number of hydrogen-bond donors (Lipinski definition) is 0. The molecule has 172 valence electrons. The Hall–Kier alpha value is -4.23. The van der Waals surface area contributed by atoms with Crippen LogP contribution in [0.5, 0.6) is 11.5 Å². The number of rotatable bonds is 10. The van der Waals surface area contributed by atoms with Gasteiger partial charge in [0.1, 0.15) is 12.3 Å². The van der Waals surface area contributed by atoms with Crippen LogP contribution in [0.15, 0.2) is 85.3 Å². The van der Waals surface area contributed by atoms with Crippen LogP contribution in [0.1, 0.15) is 15.9 Å². The van der Waals surface area contributed by atoms with Crippen molar-refractivity contribution in [1.29, 1.82) is 0 Å². The molecule has 7 nitrogen and oxygen atoms in total. The molecule has 0 aliphatic carbocycles. The largest absolute Gasteiger partial charge is 0.493 e. The van der Waals surface area contributed by atoms with Crippen LogP contribution in [-0.2, 0) is 4.74 Å². The van der Waals surface area contributed by atoms with Crippen LogP contribution in [0.3, 0.4) is 0 Å². The highest BCUT2D eigenvalue weighted by molar-refractivity contribution is 6.07. The minimum Gasteiger partial charge on any atom is -0.493 e. The highest BCUT2D eigenvalue weighted by Crippen LogP contribution is 2.29. The van der Waals surface area contributed by atoms with Gasteiger partial charge in [-0.2, -0.15) is 5.10 Å². The van der Waals surface area contributed by atoms with Crippen molar-refractivity contribution < 1.29 is 19.0 Å². The number of pyridine rings is 1. The summed E-state index contributed by atoms with van der Waals surface area (Å²) < 4.78 is 17.8. The smallest absolute Gasteiger partial charge is 0.185 e. The zero-order valence-corrected chi connectivity index (χ0v) is 19.0. The first kappa shape index (κ1) is 22.9. The van der Waals surface area contributed by atoms with Crippen LogP contribution in [0.4, 0.5) is 0 Å². The average molecular weight is 456 g/mol. The van der Waals surface area contributed by atoms with Gasteiger partial charge in [-0.05, 0) is 54.6 Å². The molecule has 0 saturated heterocycles. The molecule has 0 aliphatic rings. The van der Waals surface area contributed by atoms with Crippen LogP contribution in [0.25, 0.3) is 23.0 Å². The average Bonchev–Trinajstić information content (AvgIpc) is 3.33. The van der Waals surface area contributed by atoms with Gasteiger partial charge in [-0.15, -0.1) is 0 Å². The number of carbonyl (C=O) groups excluding carboxylic acids is 1. The molecule has 0 fully saturated rings. The second-order valence-electron chi connectivity index (χ2n) is 7.35. The molecule has 0 radical (unpaired) electrons. The predicted octanol–water partition coefficient (Wildman–Crippen LogP) is 4.86. The summed E-state index contributed by atoms with van der Waals surface area (Å²) in [6.07, 6.45) is 8.66. The summed E-state index contributed by atoms with van der Waals surface area (Å²) in [5.41, 5.74) is 3.91. The lowest BCUT2D eigenvalue weighted by Gasteiger charge is -2.11. The van der Waals surface area contributed by atoms with Gasteiger partial charge in [0.25, 0.3) is 0 Å². The second-order valence-corrected chi connectivity index (χ2v) is 7.35. The van der Waals surface area contributed by atoms with Crippen molar-refractivity contribution in [1.82, 2.24) is 14.8 Å². The molecule has 0 N–H and O–H groups in total. The third kappa shape index (κ3) is 5.39. The van der Waals surface area contributed by atoms with Gasteiger partial charge in [0.15, 0.2) is 17.3 Å². The lowest BCUT2D eigenvalue weighted by Crippen LogP contribution is -2.06. The highest BCUT2D eigenvalue weighted by Gasteiger charge is 2.13. The van der Waals surface area contributed by atoms with E-state index < -0.39 is 0 Å². The number of allylic oxidation sites excluding steroid dienone is 1. The van der Waals surface area contributed by atoms with E-state index in [0.717, 1.165) is 22.5 Å². The normalized spacial score (nSPS) is 11.0. The minimum atomic E-state index is -0.158. The third-order valence-electron chi connectivity index (χ3n) is 5.12. The van der Waals surface area contributed by atoms with Gasteiger partial charge in [0.05, 0.1) is 19.4 Å². The maximum absolute atomic E-state index is 12.9. The quantitative estimate of drug-likeness (QED) is 0.193. The molecule has 2 heterocycles. The maximum atomic E-state index is 12.9. The van der Waals surface area contributed by atoms with Crippen molar-refractivity contribution >= 4 is 11.9 Å². The Bertz CT molecular complexity index is 1270. The van der Waals surface area contributed by atoms with Crippen molar-refractivity contribution in [3.63, 3.8) is 0 Å². The number of aromatic nitrogens is 3. The van der Waals surface area contributed by atoms with Crippen molar-refractivity contribution in [3.05, 3.63) is 96.5 Å². The molecule has 0 aliphatic heterocycles. The van der Waals surface area contributed by atoms with Crippen molar-refractivity contribution in [2.45, 2.75) is 0 Å². The van der Waals surface area contributed by atoms with Gasteiger partial charge in [-0.1, -0.05) is 18.2 Å². The highest BCUT2D eigenvalue weighted by atomic mass is 16.5. The molecular weight excluding hydrogens is 430 g/mol. The fraction of sp³-hybridized carbons (Fsp3) is 0.148. The van der Waals surface area contributed by atoms with Gasteiger partial charge >= 0.3 is 0 Å². The zero-order valence-electron chi connectivity index (χ0n) is 19.0. The molecule has 2 aromatic carbocycles. The first-order valence-electron chi connectivity index (χ1n) is 10.8. The second kappa shape index (κ2) is 11.1. The van der Waals surface area contributed by atoms with E-state index in [1.807, 2.05) is 48.7 Å². The molecule has 0 atom stereocenters. The lowest BCUT2D eigenvalue weighted by molar-refractivity contribution is 0.104. The SMILES string of the molecule is COCCOc1ccc(C(=O)/C=C/c2cn(-c3ccccc3)nc2-c2ccncc2)cc1OC. The van der Waals surface area contributed by atoms with Crippen molar-refractivity contribution in [2.75, 3.05) is 27.4 Å². The van der Waals surface area contributed by atoms with Crippen LogP contribution < -0.4 is 9.47 Å². The van der Waals surface area contributed by atoms with Crippen LogP contribution in [-0.4, -0.2) is 48.0 Å². The first-order valence-corrected chi connectivity index (χ1v) is 10.8. The molecular formula is C27H25N3O4. The topological polar surface area (TPSA) is 75.5 Å². The van der Waals surface area contributed by atoms with E-state index in [1.54, 1.807) is 55.6 Å². The molecule has 34 heavy (non-hydrogen) atoms. The van der Waals surface area contributed by atoms with E-state index in [-0.39, 0.29) is 5.78 Å². The number of carbonyl (C=O) groups is 1. The summed E-state index contributed by atoms with van der Waals surface area (Å²) in [5.74, 6) is 0.892. The molecule has 4 aromatic rings. The predicted molar refractivity (Wildman–Crippen MR) is 131 cm³/mol. The Morgan fingerprint density at radius 2 is 1.76 bits per heavy atom. The Kier molecular flexibility index (Phi) is 7.47. The number of ketones is 1. The van der Waals surface area contributed by atoms with Crippen LogP contribution >= 0.6 is 0 Å². The number of ether oxygens (including phenoxy) is 3. The summed E-state index contributed by atoms with van der Waals surface area (Å²) in [6, 6.07) is 18.7. The van der Waals surface area contributed by atoms with Gasteiger partial charge in [-0.25, -0.2) is 4.68 Å². The fourth-order valence-electron chi connectivity index (χ4n) is 3.39. The molecule has 0 unspecified atom stereocenters. The van der Waals surface area contributed by atoms with Gasteiger partial charge < -0.3 is 14.2 Å². The molecule has 7 heteroatoms. The summed E-state index contributed by atoms with van der Waals surface area (Å²) in [5, 5.41) is 4.76. The standard InChI is InChI=1S/C27H25N3O4/c1-32-16-17-34-25-11-9-21(18-26(25)33-2)24(31)10-8-22-19-30(23-6-4-3-5-7-23)29-27(22)20-12-14-28-15-13-20/h3-15,18-19H,16-17H2,1-2H3/b10-8+. The Morgan fingerprint density at radius 1 is 0.971 bits per heavy atom. The molecule has 4 rings (SSSR count). The Balaban J connectivity index is 1.61. The molecule has 0 amide bonds. The summed E-state index contributed by atoms with van der Waals surface area (Å²) in [7, 11) is 3.15. The van der Waals surface area contributed by atoms with Crippen LogP contribution in [0.2, 0.25) is 0 Å². The molecule has 0 spiro atoms. The number of benzene rings is 2. The molecule has 2 aromatic heterocycles. The number of nitrogens with zero attached hydrogens (tertiary/aromatic N) is 3. The van der Waals surface area contributed by atoms with E-state index >= 15 is 0 Å². The fourth-order valence-corrected chi connectivity index (χ4v) is 3.39. The summed E-state index contributed by atoms with van der Waals surface area (Å²) >= 11 is 0. The van der Waals surface area contributed by atoms with E-state index in [1.165, 1.54) is 6.08 Å². The Labute approximate surface area is 198 Å². The minimum absolute atomic E-state index is 0.158. The monoisotopic (exact) mass is 455 g/mol. The number of methoxy groups -OCH3 is 2. The van der Waals surface area contributed by atoms with E-state index in [9.17, 15) is 4.79 Å². The maximum Gasteiger partial charge on any atom is 0.185 e. The van der Waals surface area contributed by atoms with Crippen molar-refractivity contribution in [2.24, 2.45) is 0 Å². The Morgan fingerprint density at radius 3 is 2.50 bits per heavy atom. The number of para-hydroxylation sites is 1. The summed E-state index contributed by atoms with van der Waals surface area (Å²) in [6.45, 7) is 0.853. The van der Waals surface area contributed by atoms with Crippen molar-refractivity contribution in [3.8, 4) is 28.4 Å². The third-order valence-corrected chi connectivity index (χ3v) is 5.12. The van der Waals surface area contributed by atoms with Gasteiger partial charge in [0.2, 0.25) is 0 Å². The first-order chi connectivity index (χ1) is 16.7. The molecule has 0 bridgehead atoms. The summed E-state index contributed by atoms with van der Waals surface area (Å²) in [4.78, 5) is 17.0. The van der Waals surface area contributed by atoms with E-state index in [2.05, 4.69) is 4.98 Å². The van der Waals surface area contributed by atoms with Crippen LogP contribution in [0, 0.1) is 0 Å². The number of hydrogen-bond acceptors (Lipinski definition) is 6. The van der Waals surface area contributed by atoms with E-state index in [0.29, 0.717) is 30.3 Å². The zero-order chi connectivity index (χ0) is 23.8. The lowest BCUT2D eigenvalue weighted by atomic mass is 10.1. The molecule has 0 saturated carbocycles. The van der Waals surface area contributed by atoms with Gasteiger partial charge in [0, 0.05) is 42.4 Å². The van der Waals surface area contributed by atoms with Gasteiger partial charge in [-0.3, -0.25) is 9.78 Å². The van der Waals surface area contributed by atoms with E-state index in [4.69, 9.17) is 19.3 Å².